The minimum atomic E-state index is -0.534. The van der Waals surface area contributed by atoms with E-state index in [1.807, 2.05) is 60.7 Å². The summed E-state index contributed by atoms with van der Waals surface area (Å²) in [6.07, 6.45) is 0. The number of aromatic amines is 1. The summed E-state index contributed by atoms with van der Waals surface area (Å²) in [6, 6.07) is 18.7. The van der Waals surface area contributed by atoms with Crippen LogP contribution in [0.5, 0.6) is 0 Å². The summed E-state index contributed by atoms with van der Waals surface area (Å²) in [7, 11) is 0. The van der Waals surface area contributed by atoms with Gasteiger partial charge in [0, 0.05) is 24.2 Å². The number of nitrogens with zero attached hydrogens (tertiary/aromatic N) is 1. The van der Waals surface area contributed by atoms with Crippen LogP contribution in [0.4, 0.5) is 0 Å². The molecule has 0 radical (unpaired) electrons. The van der Waals surface area contributed by atoms with Gasteiger partial charge in [-0.15, -0.1) is 0 Å². The number of nitrogens with two attached hydrogens (primary N) is 1. The second-order valence-electron chi connectivity index (χ2n) is 5.43. The van der Waals surface area contributed by atoms with Crippen LogP contribution in [0.1, 0.15) is 10.4 Å². The van der Waals surface area contributed by atoms with Crippen LogP contribution in [-0.4, -0.2) is 29.2 Å². The number of hydrogen-bond donors (Lipinski definition) is 3. The third-order valence-corrected chi connectivity index (χ3v) is 3.75. The highest BCUT2D eigenvalue weighted by Gasteiger charge is 2.22. The predicted octanol–water partition coefficient (Wildman–Crippen LogP) is 1.79. The van der Waals surface area contributed by atoms with Gasteiger partial charge in [-0.1, -0.05) is 60.7 Å². The molecule has 1 aromatic heterocycles. The molecule has 126 valence electrons. The molecule has 0 aliphatic rings. The van der Waals surface area contributed by atoms with Crippen molar-refractivity contribution in [1.29, 1.82) is 0 Å². The lowest BCUT2D eigenvalue weighted by molar-refractivity contribution is 0.0953. The lowest BCUT2D eigenvalue weighted by Crippen LogP contribution is -2.34. The van der Waals surface area contributed by atoms with Crippen LogP contribution in [0.2, 0.25) is 0 Å². The summed E-state index contributed by atoms with van der Waals surface area (Å²) >= 11 is 0. The topological polar surface area (TPSA) is 101 Å². The van der Waals surface area contributed by atoms with E-state index in [2.05, 4.69) is 15.5 Å². The van der Waals surface area contributed by atoms with Gasteiger partial charge in [-0.05, 0) is 5.56 Å². The molecular formula is C19H18N4O2. The number of aromatic nitrogens is 2. The zero-order chi connectivity index (χ0) is 17.6. The van der Waals surface area contributed by atoms with Crippen molar-refractivity contribution in [2.24, 2.45) is 5.73 Å². The van der Waals surface area contributed by atoms with Crippen molar-refractivity contribution < 1.29 is 4.79 Å². The second-order valence-corrected chi connectivity index (χ2v) is 5.43. The van der Waals surface area contributed by atoms with Crippen LogP contribution in [0, 0.1) is 0 Å². The van der Waals surface area contributed by atoms with Gasteiger partial charge in [-0.25, -0.2) is 5.10 Å². The van der Waals surface area contributed by atoms with Crippen molar-refractivity contribution >= 4 is 5.91 Å². The van der Waals surface area contributed by atoms with E-state index >= 15 is 0 Å². The summed E-state index contributed by atoms with van der Waals surface area (Å²) in [6.45, 7) is 0.580. The summed E-state index contributed by atoms with van der Waals surface area (Å²) in [5.41, 5.74) is 7.56. The van der Waals surface area contributed by atoms with Gasteiger partial charge in [-0.2, -0.15) is 5.10 Å². The summed E-state index contributed by atoms with van der Waals surface area (Å²) in [5.74, 6) is -0.467. The zero-order valence-electron chi connectivity index (χ0n) is 13.5. The quantitative estimate of drug-likeness (QED) is 0.662. The maximum absolute atomic E-state index is 12.6. The Bertz CT molecular complexity index is 921. The van der Waals surface area contributed by atoms with Crippen molar-refractivity contribution in [2.45, 2.75) is 0 Å². The molecule has 0 fully saturated rings. The Kier molecular flexibility index (Phi) is 5.01. The van der Waals surface area contributed by atoms with Gasteiger partial charge >= 0.3 is 0 Å². The first-order valence-corrected chi connectivity index (χ1v) is 7.94. The monoisotopic (exact) mass is 334 g/mol. The Morgan fingerprint density at radius 2 is 1.60 bits per heavy atom. The molecule has 25 heavy (non-hydrogen) atoms. The maximum atomic E-state index is 12.6. The number of carbonyl (C=O) groups excluding carboxylic acids is 1. The van der Waals surface area contributed by atoms with Gasteiger partial charge in [0.15, 0.2) is 0 Å². The summed E-state index contributed by atoms with van der Waals surface area (Å²) < 4.78 is 0. The molecule has 0 saturated carbocycles. The molecule has 0 spiro atoms. The van der Waals surface area contributed by atoms with Gasteiger partial charge in [0.1, 0.15) is 5.56 Å². The molecule has 0 bridgehead atoms. The van der Waals surface area contributed by atoms with E-state index in [1.165, 1.54) is 0 Å². The molecule has 6 heteroatoms. The number of nitrogens with one attached hydrogen (secondary N) is 2. The Balaban J connectivity index is 2.27. The highest BCUT2D eigenvalue weighted by Crippen LogP contribution is 2.31. The molecule has 0 aliphatic carbocycles. The van der Waals surface area contributed by atoms with Crippen LogP contribution < -0.4 is 16.6 Å². The van der Waals surface area contributed by atoms with Gasteiger partial charge in [0.2, 0.25) is 0 Å². The fourth-order valence-corrected chi connectivity index (χ4v) is 2.63. The molecule has 0 aliphatic heterocycles. The molecule has 0 saturated heterocycles. The fraction of sp³-hybridized carbons (Fsp3) is 0.105. The number of rotatable bonds is 5. The standard InChI is InChI=1S/C19H18N4O2/c20-11-12-21-18(24)16-15(13-7-3-1-4-8-13)17(22-23-19(16)25)14-9-5-2-6-10-14/h1-10H,11-12,20H2,(H,21,24)(H,23,25). The van der Waals surface area contributed by atoms with Gasteiger partial charge < -0.3 is 11.1 Å². The number of amides is 1. The SMILES string of the molecule is NCCNC(=O)c1c(-c2ccccc2)c(-c2ccccc2)n[nH]c1=O. The molecule has 3 aromatic rings. The molecule has 1 amide bonds. The molecule has 4 N–H and O–H groups in total. The van der Waals surface area contributed by atoms with E-state index < -0.39 is 11.5 Å². The first-order valence-electron chi connectivity index (χ1n) is 7.94. The molecule has 3 rings (SSSR count). The van der Waals surface area contributed by atoms with Crippen LogP contribution >= 0.6 is 0 Å². The van der Waals surface area contributed by atoms with E-state index in [4.69, 9.17) is 5.73 Å². The molecule has 6 nitrogen and oxygen atoms in total. The van der Waals surface area contributed by atoms with Gasteiger partial charge in [-0.3, -0.25) is 9.59 Å². The van der Waals surface area contributed by atoms with E-state index in [0.717, 1.165) is 11.1 Å². The zero-order valence-corrected chi connectivity index (χ0v) is 13.5. The number of hydrogen-bond acceptors (Lipinski definition) is 4. The lowest BCUT2D eigenvalue weighted by Gasteiger charge is -2.13. The average molecular weight is 334 g/mol. The van der Waals surface area contributed by atoms with Crippen molar-refractivity contribution in [2.75, 3.05) is 13.1 Å². The Labute approximate surface area is 144 Å². The fourth-order valence-electron chi connectivity index (χ4n) is 2.63. The van der Waals surface area contributed by atoms with Crippen LogP contribution in [0.15, 0.2) is 65.5 Å². The van der Waals surface area contributed by atoms with E-state index in [9.17, 15) is 9.59 Å². The normalized spacial score (nSPS) is 10.4. The average Bonchev–Trinajstić information content (AvgIpc) is 2.67. The maximum Gasteiger partial charge on any atom is 0.277 e. The van der Waals surface area contributed by atoms with Crippen molar-refractivity contribution in [3.05, 3.63) is 76.6 Å². The summed E-state index contributed by atoms with van der Waals surface area (Å²) in [4.78, 5) is 25.0. The van der Waals surface area contributed by atoms with Crippen molar-refractivity contribution in [3.8, 4) is 22.4 Å². The number of carbonyl (C=O) groups is 1. The predicted molar refractivity (Wildman–Crippen MR) is 97.1 cm³/mol. The van der Waals surface area contributed by atoms with Gasteiger partial charge in [0.25, 0.3) is 11.5 Å². The molecule has 2 aromatic carbocycles. The minimum Gasteiger partial charge on any atom is -0.351 e. The Hall–Kier alpha value is -3.25. The molecule has 1 heterocycles. The highest BCUT2D eigenvalue weighted by molar-refractivity contribution is 6.03. The lowest BCUT2D eigenvalue weighted by atomic mass is 9.95. The van der Waals surface area contributed by atoms with E-state index in [0.29, 0.717) is 17.8 Å². The molecule has 0 atom stereocenters. The largest absolute Gasteiger partial charge is 0.351 e. The second kappa shape index (κ2) is 7.55. The number of H-pyrrole nitrogens is 1. The Morgan fingerprint density at radius 1 is 1.00 bits per heavy atom. The van der Waals surface area contributed by atoms with Crippen molar-refractivity contribution in [3.63, 3.8) is 0 Å². The third-order valence-electron chi connectivity index (χ3n) is 3.75. The first kappa shape index (κ1) is 16.6. The van der Waals surface area contributed by atoms with Crippen LogP contribution in [0.25, 0.3) is 22.4 Å². The van der Waals surface area contributed by atoms with Crippen molar-refractivity contribution in [1.82, 2.24) is 15.5 Å². The number of benzene rings is 2. The molecule has 0 unspecified atom stereocenters. The van der Waals surface area contributed by atoms with Crippen LogP contribution in [0.3, 0.4) is 0 Å². The smallest absolute Gasteiger partial charge is 0.277 e. The summed E-state index contributed by atoms with van der Waals surface area (Å²) in [5, 5.41) is 9.31. The van der Waals surface area contributed by atoms with Gasteiger partial charge in [0.05, 0.1) is 5.69 Å². The highest BCUT2D eigenvalue weighted by atomic mass is 16.2. The minimum absolute atomic E-state index is 0.0357. The Morgan fingerprint density at radius 3 is 2.20 bits per heavy atom. The van der Waals surface area contributed by atoms with E-state index in [-0.39, 0.29) is 12.1 Å². The molecular weight excluding hydrogens is 316 g/mol. The third kappa shape index (κ3) is 3.49. The first-order chi connectivity index (χ1) is 12.2. The van der Waals surface area contributed by atoms with Crippen LogP contribution in [-0.2, 0) is 0 Å². The van der Waals surface area contributed by atoms with E-state index in [1.54, 1.807) is 0 Å².